The van der Waals surface area contributed by atoms with E-state index in [-0.39, 0.29) is 0 Å². The summed E-state index contributed by atoms with van der Waals surface area (Å²) in [4.78, 5) is 8.55. The molecule has 3 aromatic rings. The molecule has 3 heterocycles. The van der Waals surface area contributed by atoms with E-state index in [0.29, 0.717) is 5.69 Å². The van der Waals surface area contributed by atoms with Gasteiger partial charge in [-0.05, 0) is 31.2 Å². The van der Waals surface area contributed by atoms with Gasteiger partial charge < -0.3 is 10.1 Å². The predicted molar refractivity (Wildman–Crippen MR) is 67.6 cm³/mol. The van der Waals surface area contributed by atoms with Gasteiger partial charge in [-0.3, -0.25) is 4.98 Å². The van der Waals surface area contributed by atoms with E-state index < -0.39 is 0 Å². The van der Waals surface area contributed by atoms with Gasteiger partial charge in [-0.2, -0.15) is 0 Å². The van der Waals surface area contributed by atoms with Crippen LogP contribution in [0.15, 0.2) is 42.9 Å². The summed E-state index contributed by atoms with van der Waals surface area (Å²) in [6.45, 7) is 2.03. The van der Waals surface area contributed by atoms with Gasteiger partial charge in [0.15, 0.2) is 5.65 Å². The molecule has 84 valence electrons. The van der Waals surface area contributed by atoms with Crippen LogP contribution in [0.2, 0.25) is 0 Å². The van der Waals surface area contributed by atoms with E-state index in [1.807, 2.05) is 41.8 Å². The molecule has 3 aromatic heterocycles. The molecule has 3 rings (SSSR count). The van der Waals surface area contributed by atoms with E-state index in [4.69, 9.17) is 5.73 Å². The van der Waals surface area contributed by atoms with Gasteiger partial charge in [-0.1, -0.05) is 0 Å². The number of aromatic nitrogens is 3. The number of nitrogen functional groups attached to an aromatic ring is 1. The van der Waals surface area contributed by atoms with Crippen molar-refractivity contribution >= 4 is 11.3 Å². The monoisotopic (exact) mass is 224 g/mol. The highest BCUT2D eigenvalue weighted by Gasteiger charge is 2.07. The standard InChI is InChI=1S/C13H12N4/c1-9-2-3-11(14)13-16-12(8-17(9)13)10-4-6-15-7-5-10/h2-8H,14H2,1H3. The van der Waals surface area contributed by atoms with Crippen molar-refractivity contribution in [1.82, 2.24) is 14.4 Å². The Kier molecular flexibility index (Phi) is 2.08. The first kappa shape index (κ1) is 9.84. The van der Waals surface area contributed by atoms with Crippen LogP contribution < -0.4 is 5.73 Å². The van der Waals surface area contributed by atoms with Crippen LogP contribution in [-0.4, -0.2) is 14.4 Å². The molecule has 17 heavy (non-hydrogen) atoms. The van der Waals surface area contributed by atoms with Crippen molar-refractivity contribution in [3.63, 3.8) is 0 Å². The molecule has 0 aromatic carbocycles. The predicted octanol–water partition coefficient (Wildman–Crippen LogP) is 2.29. The number of hydrogen-bond acceptors (Lipinski definition) is 3. The summed E-state index contributed by atoms with van der Waals surface area (Å²) in [6.07, 6.45) is 5.52. The minimum absolute atomic E-state index is 0.691. The van der Waals surface area contributed by atoms with Crippen molar-refractivity contribution in [2.75, 3.05) is 5.73 Å². The number of imidazole rings is 1. The molecule has 0 aliphatic heterocycles. The van der Waals surface area contributed by atoms with Crippen molar-refractivity contribution < 1.29 is 0 Å². The average Bonchev–Trinajstić information content (AvgIpc) is 2.81. The van der Waals surface area contributed by atoms with Crippen LogP contribution in [0, 0.1) is 6.92 Å². The number of nitrogens with zero attached hydrogens (tertiary/aromatic N) is 3. The molecule has 0 unspecified atom stereocenters. The maximum Gasteiger partial charge on any atom is 0.160 e. The van der Waals surface area contributed by atoms with Gasteiger partial charge in [0.1, 0.15) is 0 Å². The zero-order chi connectivity index (χ0) is 11.8. The lowest BCUT2D eigenvalue weighted by Crippen LogP contribution is -1.94. The molecule has 0 aliphatic carbocycles. The Bertz CT molecular complexity index is 631. The van der Waals surface area contributed by atoms with Gasteiger partial charge in [-0.15, -0.1) is 0 Å². The summed E-state index contributed by atoms with van der Waals surface area (Å²) in [5, 5.41) is 0. The Morgan fingerprint density at radius 1 is 1.12 bits per heavy atom. The quantitative estimate of drug-likeness (QED) is 0.690. The number of nitrogens with two attached hydrogens (primary N) is 1. The molecular formula is C13H12N4. The topological polar surface area (TPSA) is 56.2 Å². The highest BCUT2D eigenvalue weighted by molar-refractivity contribution is 5.71. The zero-order valence-corrected chi connectivity index (χ0v) is 9.46. The van der Waals surface area contributed by atoms with Crippen LogP contribution in [0.5, 0.6) is 0 Å². The van der Waals surface area contributed by atoms with Crippen LogP contribution in [0.1, 0.15) is 5.69 Å². The molecule has 0 bridgehead atoms. The molecule has 0 aliphatic rings. The first-order valence-electron chi connectivity index (χ1n) is 5.40. The Morgan fingerprint density at radius 3 is 2.59 bits per heavy atom. The van der Waals surface area contributed by atoms with Gasteiger partial charge in [0.2, 0.25) is 0 Å². The molecule has 0 spiro atoms. The van der Waals surface area contributed by atoms with Crippen molar-refractivity contribution in [1.29, 1.82) is 0 Å². The van der Waals surface area contributed by atoms with Crippen LogP contribution >= 0.6 is 0 Å². The second kappa shape index (κ2) is 3.59. The number of anilines is 1. The highest BCUT2D eigenvalue weighted by atomic mass is 15.0. The molecule has 0 saturated carbocycles. The fourth-order valence-electron chi connectivity index (χ4n) is 1.88. The van der Waals surface area contributed by atoms with Gasteiger partial charge in [0.05, 0.1) is 11.4 Å². The Labute approximate surface area is 98.8 Å². The summed E-state index contributed by atoms with van der Waals surface area (Å²) in [5.74, 6) is 0. The van der Waals surface area contributed by atoms with Crippen molar-refractivity contribution in [3.8, 4) is 11.3 Å². The second-order valence-corrected chi connectivity index (χ2v) is 3.99. The van der Waals surface area contributed by atoms with E-state index >= 15 is 0 Å². The third-order valence-corrected chi connectivity index (χ3v) is 2.82. The first-order valence-corrected chi connectivity index (χ1v) is 5.40. The molecule has 0 atom stereocenters. The van der Waals surface area contributed by atoms with Crippen molar-refractivity contribution in [2.24, 2.45) is 0 Å². The minimum Gasteiger partial charge on any atom is -0.396 e. The Morgan fingerprint density at radius 2 is 1.88 bits per heavy atom. The minimum atomic E-state index is 0.691. The molecule has 0 radical (unpaired) electrons. The lowest BCUT2D eigenvalue weighted by atomic mass is 10.2. The normalized spacial score (nSPS) is 10.9. The largest absolute Gasteiger partial charge is 0.396 e. The molecule has 0 amide bonds. The third-order valence-electron chi connectivity index (χ3n) is 2.82. The highest BCUT2D eigenvalue weighted by Crippen LogP contribution is 2.22. The number of hydrogen-bond donors (Lipinski definition) is 1. The van der Waals surface area contributed by atoms with Crippen molar-refractivity contribution in [3.05, 3.63) is 48.5 Å². The smallest absolute Gasteiger partial charge is 0.160 e. The van der Waals surface area contributed by atoms with E-state index in [1.54, 1.807) is 12.4 Å². The summed E-state index contributed by atoms with van der Waals surface area (Å²) in [6, 6.07) is 7.74. The molecule has 0 saturated heterocycles. The number of fused-ring (bicyclic) bond motifs is 1. The molecular weight excluding hydrogens is 212 g/mol. The van der Waals surface area contributed by atoms with E-state index in [0.717, 1.165) is 22.6 Å². The zero-order valence-electron chi connectivity index (χ0n) is 9.46. The lowest BCUT2D eigenvalue weighted by Gasteiger charge is -2.00. The van der Waals surface area contributed by atoms with E-state index in [9.17, 15) is 0 Å². The van der Waals surface area contributed by atoms with E-state index in [1.165, 1.54) is 0 Å². The van der Waals surface area contributed by atoms with Crippen LogP contribution in [0.4, 0.5) is 5.69 Å². The second-order valence-electron chi connectivity index (χ2n) is 3.99. The summed E-state index contributed by atoms with van der Waals surface area (Å²) >= 11 is 0. The maximum atomic E-state index is 5.92. The Balaban J connectivity index is 2.27. The SMILES string of the molecule is Cc1ccc(N)c2nc(-c3ccncc3)cn12. The fraction of sp³-hybridized carbons (Fsp3) is 0.0769. The first-order chi connectivity index (χ1) is 8.25. The van der Waals surface area contributed by atoms with Gasteiger partial charge in [0.25, 0.3) is 0 Å². The Hall–Kier alpha value is -2.36. The average molecular weight is 224 g/mol. The van der Waals surface area contributed by atoms with Crippen LogP contribution in [0.3, 0.4) is 0 Å². The third kappa shape index (κ3) is 1.54. The van der Waals surface area contributed by atoms with E-state index in [2.05, 4.69) is 9.97 Å². The fourth-order valence-corrected chi connectivity index (χ4v) is 1.88. The summed E-state index contributed by atoms with van der Waals surface area (Å²) < 4.78 is 2.01. The van der Waals surface area contributed by atoms with Crippen LogP contribution in [-0.2, 0) is 0 Å². The maximum absolute atomic E-state index is 5.92. The van der Waals surface area contributed by atoms with Crippen LogP contribution in [0.25, 0.3) is 16.9 Å². The summed E-state index contributed by atoms with van der Waals surface area (Å²) in [5.41, 5.74) is 10.5. The molecule has 4 heteroatoms. The number of pyridine rings is 2. The van der Waals surface area contributed by atoms with Crippen molar-refractivity contribution in [2.45, 2.75) is 6.92 Å². The van der Waals surface area contributed by atoms with Gasteiger partial charge >= 0.3 is 0 Å². The number of rotatable bonds is 1. The molecule has 4 nitrogen and oxygen atoms in total. The lowest BCUT2D eigenvalue weighted by molar-refractivity contribution is 1.10. The molecule has 0 fully saturated rings. The number of aryl methyl sites for hydroxylation is 1. The molecule has 2 N–H and O–H groups in total. The summed E-state index contributed by atoms with van der Waals surface area (Å²) in [7, 11) is 0. The van der Waals surface area contributed by atoms with Gasteiger partial charge in [0, 0.05) is 29.8 Å². The van der Waals surface area contributed by atoms with Gasteiger partial charge in [-0.25, -0.2) is 4.98 Å².